The molecule has 4 aliphatic carbocycles. The molecule has 7 aliphatic rings. The summed E-state index contributed by atoms with van der Waals surface area (Å²) < 4.78 is 37.4. The molecule has 3 aliphatic heterocycles. The molecule has 17 nitrogen and oxygen atoms in total. The highest BCUT2D eigenvalue weighted by molar-refractivity contribution is 5.82. The number of nitrogens with one attached hydrogen (secondary N) is 1. The lowest BCUT2D eigenvalue weighted by molar-refractivity contribution is -0.376. The Bertz CT molecular complexity index is 1850. The molecule has 3 heterocycles. The van der Waals surface area contributed by atoms with E-state index in [1.165, 1.54) is 18.1 Å². The third kappa shape index (κ3) is 9.23. The molecule has 20 unspecified atom stereocenters. The number of allylic oxidation sites excluding steroid dienone is 2. The van der Waals surface area contributed by atoms with Crippen LogP contribution < -0.4 is 5.32 Å². The maximum Gasteiger partial charge on any atom is 0.314 e. The lowest BCUT2D eigenvalue weighted by atomic mass is 9.43. The van der Waals surface area contributed by atoms with Crippen LogP contribution in [0.15, 0.2) is 23.3 Å². The van der Waals surface area contributed by atoms with Gasteiger partial charge in [-0.15, -0.1) is 0 Å². The van der Waals surface area contributed by atoms with Gasteiger partial charge in [0.25, 0.3) is 0 Å². The van der Waals surface area contributed by atoms with Crippen molar-refractivity contribution in [3.05, 3.63) is 23.3 Å². The van der Waals surface area contributed by atoms with Crippen molar-refractivity contribution in [2.75, 3.05) is 19.8 Å². The second-order valence-corrected chi connectivity index (χ2v) is 23.2. The molecule has 0 aromatic rings. The Labute approximate surface area is 395 Å². The van der Waals surface area contributed by atoms with Crippen molar-refractivity contribution in [3.63, 3.8) is 0 Å². The Morgan fingerprint density at radius 2 is 1.46 bits per heavy atom. The molecule has 0 radical (unpaired) electrons. The van der Waals surface area contributed by atoms with E-state index in [1.807, 2.05) is 0 Å². The van der Waals surface area contributed by atoms with E-state index >= 15 is 0 Å². The summed E-state index contributed by atoms with van der Waals surface area (Å²) in [7, 11) is 0. The van der Waals surface area contributed by atoms with Crippen LogP contribution in [0.4, 0.5) is 0 Å². The summed E-state index contributed by atoms with van der Waals surface area (Å²) in [5, 5.41) is 89.0. The minimum Gasteiger partial charge on any atom is -0.481 e. The summed E-state index contributed by atoms with van der Waals surface area (Å²) in [6, 6.07) is -1.38. The number of carboxylic acids is 1. The lowest BCUT2D eigenvalue weighted by Crippen LogP contribution is -2.68. The fourth-order valence-corrected chi connectivity index (χ4v) is 14.1. The summed E-state index contributed by atoms with van der Waals surface area (Å²) >= 11 is 0. The zero-order valence-corrected chi connectivity index (χ0v) is 41.1. The van der Waals surface area contributed by atoms with Gasteiger partial charge in [0.05, 0.1) is 31.3 Å². The molecule has 9 N–H and O–H groups in total. The Morgan fingerprint density at radius 1 is 0.806 bits per heavy atom. The highest BCUT2D eigenvalue weighted by Crippen LogP contribution is 2.73. The monoisotopic (exact) mass is 952 g/mol. The van der Waals surface area contributed by atoms with Gasteiger partial charge in [0.1, 0.15) is 61.0 Å². The molecule has 5 fully saturated rings. The van der Waals surface area contributed by atoms with Gasteiger partial charge in [-0.1, -0.05) is 78.7 Å². The average Bonchev–Trinajstić information content (AvgIpc) is 3.59. The maximum atomic E-state index is 14.0. The Morgan fingerprint density at radius 3 is 2.10 bits per heavy atom. The van der Waals surface area contributed by atoms with Crippen molar-refractivity contribution in [1.82, 2.24) is 5.32 Å². The number of hydrogen-bond donors (Lipinski definition) is 9. The van der Waals surface area contributed by atoms with Crippen molar-refractivity contribution < 1.29 is 78.9 Å². The van der Waals surface area contributed by atoms with Crippen LogP contribution in [0, 0.1) is 44.8 Å². The number of aliphatic carboxylic acids is 1. The van der Waals surface area contributed by atoms with Crippen molar-refractivity contribution in [1.29, 1.82) is 0 Å². The molecule has 0 aromatic heterocycles. The van der Waals surface area contributed by atoms with Crippen LogP contribution in [0.25, 0.3) is 0 Å². The molecular formula is C50H81NO16. The van der Waals surface area contributed by atoms with Crippen molar-refractivity contribution >= 4 is 11.9 Å². The van der Waals surface area contributed by atoms with E-state index in [0.717, 1.165) is 44.1 Å². The molecule has 67 heavy (non-hydrogen) atoms. The largest absolute Gasteiger partial charge is 0.481 e. The molecule has 7 rings (SSSR count). The Hall–Kier alpha value is -2.10. The molecule has 382 valence electrons. The summed E-state index contributed by atoms with van der Waals surface area (Å²) in [6.07, 6.45) is -10.9. The first-order chi connectivity index (χ1) is 31.2. The number of aliphatic hydroxyl groups is 7. The van der Waals surface area contributed by atoms with Crippen LogP contribution >= 0.6 is 0 Å². The van der Waals surface area contributed by atoms with Crippen LogP contribution in [0.2, 0.25) is 0 Å². The first-order valence-electron chi connectivity index (χ1n) is 24.7. The molecule has 0 spiro atoms. The van der Waals surface area contributed by atoms with Crippen molar-refractivity contribution in [2.45, 2.75) is 212 Å². The fraction of sp³-hybridized carbons (Fsp3) is 0.880. The van der Waals surface area contributed by atoms with E-state index in [2.05, 4.69) is 67.3 Å². The van der Waals surface area contributed by atoms with Crippen LogP contribution in [0.5, 0.6) is 0 Å². The van der Waals surface area contributed by atoms with Crippen LogP contribution in [0.1, 0.15) is 127 Å². The van der Waals surface area contributed by atoms with Gasteiger partial charge in [0, 0.05) is 6.92 Å². The molecule has 1 amide bonds. The van der Waals surface area contributed by atoms with Gasteiger partial charge in [-0.3, -0.25) is 9.59 Å². The van der Waals surface area contributed by atoms with Gasteiger partial charge in [-0.2, -0.15) is 0 Å². The second kappa shape index (κ2) is 19.5. The van der Waals surface area contributed by atoms with E-state index in [4.69, 9.17) is 28.4 Å². The molecule has 2 saturated carbocycles. The number of amides is 1. The number of carboxylic acid groups (broad SMARTS) is 1. The minimum absolute atomic E-state index is 0.0212. The van der Waals surface area contributed by atoms with Gasteiger partial charge in [-0.25, -0.2) is 0 Å². The summed E-state index contributed by atoms with van der Waals surface area (Å²) in [5.74, 6) is -0.605. The molecule has 3 saturated heterocycles. The molecule has 0 bridgehead atoms. The summed E-state index contributed by atoms with van der Waals surface area (Å²) in [4.78, 5) is 26.3. The number of aliphatic hydroxyl groups excluding tert-OH is 7. The van der Waals surface area contributed by atoms with Gasteiger partial charge in [-0.05, 0) is 104 Å². The smallest absolute Gasteiger partial charge is 0.314 e. The van der Waals surface area contributed by atoms with Gasteiger partial charge >= 0.3 is 5.97 Å². The van der Waals surface area contributed by atoms with Gasteiger partial charge in [0.15, 0.2) is 18.9 Å². The normalized spacial score (nSPS) is 45.9. The van der Waals surface area contributed by atoms with E-state index in [9.17, 15) is 50.4 Å². The average molecular weight is 952 g/mol. The number of carbonyl (C=O) groups is 2. The molecular weight excluding hydrogens is 871 g/mol. The maximum absolute atomic E-state index is 14.0. The van der Waals surface area contributed by atoms with E-state index in [1.54, 1.807) is 0 Å². The van der Waals surface area contributed by atoms with E-state index < -0.39 is 121 Å². The summed E-state index contributed by atoms with van der Waals surface area (Å²) in [5.41, 5.74) is 1.47. The van der Waals surface area contributed by atoms with Crippen LogP contribution in [0.3, 0.4) is 0 Å². The topological polar surface area (TPSA) is 263 Å². The number of ether oxygens (including phenoxy) is 6. The molecule has 0 aromatic carbocycles. The number of hydrogen-bond acceptors (Lipinski definition) is 15. The zero-order valence-electron chi connectivity index (χ0n) is 41.1. The predicted octanol–water partition coefficient (Wildman–Crippen LogP) is 3.07. The summed E-state index contributed by atoms with van der Waals surface area (Å²) in [6.45, 7) is 21.9. The SMILES string of the molecule is C=C(CCC(C)C1CCC2(C(=O)O)C3=C(CCC12C)C1(C)CCC(OC2OCC(O)C(OC4OCC(O)C(O)C4O)C2OC2OC(CO)C(O)C(O)C2NC(C)=O)C(C)(C)C1CC3)C(C)(C)C. The number of fused-ring (bicyclic) bond motifs is 4. The van der Waals surface area contributed by atoms with Crippen LogP contribution in [-0.2, 0) is 38.0 Å². The quantitative estimate of drug-likeness (QED) is 0.120. The fourth-order valence-electron chi connectivity index (χ4n) is 14.1. The third-order valence-corrected chi connectivity index (χ3v) is 18.2. The second-order valence-electron chi connectivity index (χ2n) is 23.2. The van der Waals surface area contributed by atoms with Crippen molar-refractivity contribution in [2.24, 2.45) is 44.8 Å². The number of carbonyl (C=O) groups excluding carboxylic acids is 1. The Balaban J connectivity index is 1.17. The lowest BCUT2D eigenvalue weighted by Gasteiger charge is -2.62. The third-order valence-electron chi connectivity index (χ3n) is 18.2. The first-order valence-corrected chi connectivity index (χ1v) is 24.7. The first kappa shape index (κ1) is 52.7. The van der Waals surface area contributed by atoms with Gasteiger partial charge < -0.3 is 74.6 Å². The van der Waals surface area contributed by atoms with E-state index in [0.29, 0.717) is 31.6 Å². The minimum atomic E-state index is -1.73. The van der Waals surface area contributed by atoms with Crippen molar-refractivity contribution in [3.8, 4) is 0 Å². The van der Waals surface area contributed by atoms with Crippen LogP contribution in [-0.4, -0.2) is 159 Å². The molecule has 20 atom stereocenters. The standard InChI is InChI=1S/C50H81NO16/c1-24(11-12-25(2)46(4,5)6)27-16-20-50(45(60)61)29-13-14-33-47(7,8)34(17-18-48(33,9)28(29)15-19-49(27,50)10)65-44-41(67-42-35(51-26(3)53)38(58)37(57)32(21-52)64-42)40(31(55)23-63-44)66-43-39(59)36(56)30(54)22-62-43/h24,27,30-44,52,54-59H,2,11-23H2,1,3-10H3,(H,51,53)(H,60,61). The van der Waals surface area contributed by atoms with Gasteiger partial charge in [0.2, 0.25) is 5.91 Å². The molecule has 17 heteroatoms. The van der Waals surface area contributed by atoms with E-state index in [-0.39, 0.29) is 35.9 Å². The zero-order chi connectivity index (χ0) is 49.3. The highest BCUT2D eigenvalue weighted by Gasteiger charge is 2.69. The highest BCUT2D eigenvalue weighted by atomic mass is 16.8. The predicted molar refractivity (Wildman–Crippen MR) is 241 cm³/mol. The number of rotatable bonds is 13. The Kier molecular flexibility index (Phi) is 15.3.